The van der Waals surface area contributed by atoms with Crippen LogP contribution in [0, 0.1) is 0 Å². The van der Waals surface area contributed by atoms with Crippen LogP contribution in [0.1, 0.15) is 13.3 Å². The van der Waals surface area contributed by atoms with Gasteiger partial charge in [0.2, 0.25) is 0 Å². The highest BCUT2D eigenvalue weighted by Gasteiger charge is 2.11. The summed E-state index contributed by atoms with van der Waals surface area (Å²) >= 11 is 0. The van der Waals surface area contributed by atoms with Crippen molar-refractivity contribution >= 4 is 11.8 Å². The summed E-state index contributed by atoms with van der Waals surface area (Å²) in [5, 5.41) is 4.13. The number of hydrogen-bond donors (Lipinski definition) is 0. The largest absolute Gasteiger partial charge is 0.466 e. The highest BCUT2D eigenvalue weighted by molar-refractivity contribution is 5.95. The molecule has 2 aromatic rings. The molecule has 0 aliphatic heterocycles. The number of benzene rings is 1. The van der Waals surface area contributed by atoms with Crippen LogP contribution in [0.3, 0.4) is 0 Å². The fourth-order valence-corrected chi connectivity index (χ4v) is 1.84. The fraction of sp³-hybridized carbons (Fsp3) is 0.267. The zero-order valence-electron chi connectivity index (χ0n) is 11.3. The number of rotatable bonds is 6. The monoisotopic (exact) mass is 272 g/mol. The summed E-state index contributed by atoms with van der Waals surface area (Å²) < 4.78 is 6.27. The number of carbonyl (C=O) groups excluding carboxylic acids is 2. The summed E-state index contributed by atoms with van der Waals surface area (Å²) in [5.41, 5.74) is 1.98. The van der Waals surface area contributed by atoms with Gasteiger partial charge < -0.3 is 4.74 Å². The summed E-state index contributed by atoms with van der Waals surface area (Å²) in [6.07, 6.45) is 3.28. The molecule has 0 fully saturated rings. The maximum absolute atomic E-state index is 11.7. The molecule has 20 heavy (non-hydrogen) atoms. The van der Waals surface area contributed by atoms with Crippen LogP contribution in [0.2, 0.25) is 0 Å². The van der Waals surface area contributed by atoms with E-state index in [9.17, 15) is 9.59 Å². The molecular weight excluding hydrogens is 256 g/mol. The Hall–Kier alpha value is -2.43. The van der Waals surface area contributed by atoms with Crippen LogP contribution < -0.4 is 0 Å². The van der Waals surface area contributed by atoms with Crippen LogP contribution in [0.4, 0.5) is 0 Å². The summed E-state index contributed by atoms with van der Waals surface area (Å²) in [7, 11) is 0. The van der Waals surface area contributed by atoms with E-state index in [1.165, 1.54) is 4.68 Å². The molecule has 1 aromatic heterocycles. The van der Waals surface area contributed by atoms with E-state index in [2.05, 4.69) is 5.10 Å². The lowest BCUT2D eigenvalue weighted by atomic mass is 10.1. The third-order valence-electron chi connectivity index (χ3n) is 2.73. The molecule has 5 heteroatoms. The Labute approximate surface area is 117 Å². The topological polar surface area (TPSA) is 61.2 Å². The number of carbonyl (C=O) groups is 2. The van der Waals surface area contributed by atoms with Gasteiger partial charge in [0.05, 0.1) is 12.8 Å². The Balaban J connectivity index is 1.96. The van der Waals surface area contributed by atoms with Crippen LogP contribution in [-0.4, -0.2) is 28.1 Å². The predicted octanol–water partition coefficient (Wildman–Crippen LogP) is 2.07. The van der Waals surface area contributed by atoms with Gasteiger partial charge in [-0.2, -0.15) is 5.10 Å². The SMILES string of the molecule is CCOC(=O)CC(=O)Cn1cc(-c2ccccc2)cn1. The summed E-state index contributed by atoms with van der Waals surface area (Å²) in [5.74, 6) is -0.709. The molecule has 0 atom stereocenters. The lowest BCUT2D eigenvalue weighted by Crippen LogP contribution is -2.16. The standard InChI is InChI=1S/C15H16N2O3/c1-2-20-15(19)8-14(18)11-17-10-13(9-16-17)12-6-4-3-5-7-12/h3-7,9-10H,2,8,11H2,1H3. The first-order valence-corrected chi connectivity index (χ1v) is 6.44. The molecule has 1 aromatic carbocycles. The minimum absolute atomic E-state index is 0.0750. The van der Waals surface area contributed by atoms with E-state index in [0.29, 0.717) is 0 Å². The van der Waals surface area contributed by atoms with Gasteiger partial charge in [-0.3, -0.25) is 14.3 Å². The van der Waals surface area contributed by atoms with Crippen LogP contribution in [0.25, 0.3) is 11.1 Å². The molecule has 0 bridgehead atoms. The quantitative estimate of drug-likeness (QED) is 0.596. The second-order valence-corrected chi connectivity index (χ2v) is 4.31. The van der Waals surface area contributed by atoms with Gasteiger partial charge in [-0.05, 0) is 12.5 Å². The van der Waals surface area contributed by atoms with Crippen molar-refractivity contribution < 1.29 is 14.3 Å². The number of ether oxygens (including phenoxy) is 1. The number of aromatic nitrogens is 2. The van der Waals surface area contributed by atoms with Crippen molar-refractivity contribution in [3.05, 3.63) is 42.7 Å². The van der Waals surface area contributed by atoms with Gasteiger partial charge in [0.1, 0.15) is 13.0 Å². The molecule has 0 amide bonds. The second kappa shape index (κ2) is 6.65. The smallest absolute Gasteiger partial charge is 0.313 e. The molecule has 0 saturated carbocycles. The molecule has 0 aliphatic carbocycles. The zero-order valence-corrected chi connectivity index (χ0v) is 11.3. The lowest BCUT2D eigenvalue weighted by Gasteiger charge is -2.01. The van der Waals surface area contributed by atoms with Crippen molar-refractivity contribution in [1.82, 2.24) is 9.78 Å². The summed E-state index contributed by atoms with van der Waals surface area (Å²) in [4.78, 5) is 22.9. The first-order valence-electron chi connectivity index (χ1n) is 6.44. The molecule has 0 aliphatic rings. The summed E-state index contributed by atoms with van der Waals surface area (Å²) in [6, 6.07) is 9.78. The Kier molecular flexibility index (Phi) is 4.65. The highest BCUT2D eigenvalue weighted by Crippen LogP contribution is 2.17. The van der Waals surface area contributed by atoms with Crippen molar-refractivity contribution in [3.63, 3.8) is 0 Å². The molecule has 0 radical (unpaired) electrons. The van der Waals surface area contributed by atoms with Crippen LogP contribution in [-0.2, 0) is 20.9 Å². The maximum Gasteiger partial charge on any atom is 0.313 e. The minimum atomic E-state index is -0.493. The van der Waals surface area contributed by atoms with E-state index in [1.54, 1.807) is 19.3 Å². The third-order valence-corrected chi connectivity index (χ3v) is 2.73. The Morgan fingerprint density at radius 2 is 1.95 bits per heavy atom. The minimum Gasteiger partial charge on any atom is -0.466 e. The van der Waals surface area contributed by atoms with Crippen molar-refractivity contribution in [2.24, 2.45) is 0 Å². The first kappa shape index (κ1) is 14.0. The highest BCUT2D eigenvalue weighted by atomic mass is 16.5. The van der Waals surface area contributed by atoms with Gasteiger partial charge in [-0.25, -0.2) is 0 Å². The zero-order chi connectivity index (χ0) is 14.4. The third kappa shape index (κ3) is 3.78. The molecule has 104 valence electrons. The van der Waals surface area contributed by atoms with Crippen molar-refractivity contribution in [2.45, 2.75) is 19.9 Å². The Morgan fingerprint density at radius 1 is 1.20 bits per heavy atom. The van der Waals surface area contributed by atoms with E-state index in [0.717, 1.165) is 11.1 Å². The number of Topliss-reactive ketones (excluding diaryl/α,β-unsaturated/α-hetero) is 1. The molecule has 0 spiro atoms. The van der Waals surface area contributed by atoms with Crippen molar-refractivity contribution in [3.8, 4) is 11.1 Å². The average Bonchev–Trinajstić information content (AvgIpc) is 2.88. The number of ketones is 1. The molecule has 0 N–H and O–H groups in total. The number of nitrogens with zero attached hydrogens (tertiary/aromatic N) is 2. The summed E-state index contributed by atoms with van der Waals surface area (Å²) in [6.45, 7) is 2.07. The molecule has 5 nitrogen and oxygen atoms in total. The van der Waals surface area contributed by atoms with Gasteiger partial charge in [0.15, 0.2) is 5.78 Å². The second-order valence-electron chi connectivity index (χ2n) is 4.31. The van der Waals surface area contributed by atoms with Crippen LogP contribution in [0.5, 0.6) is 0 Å². The number of hydrogen-bond acceptors (Lipinski definition) is 4. The Morgan fingerprint density at radius 3 is 2.65 bits per heavy atom. The molecule has 1 heterocycles. The van der Waals surface area contributed by atoms with E-state index >= 15 is 0 Å². The van der Waals surface area contributed by atoms with Gasteiger partial charge in [-0.1, -0.05) is 30.3 Å². The van der Waals surface area contributed by atoms with Gasteiger partial charge >= 0.3 is 5.97 Å². The van der Waals surface area contributed by atoms with Crippen LogP contribution in [0.15, 0.2) is 42.7 Å². The molecular formula is C15H16N2O3. The predicted molar refractivity (Wildman–Crippen MR) is 73.9 cm³/mol. The number of esters is 1. The van der Waals surface area contributed by atoms with Gasteiger partial charge in [-0.15, -0.1) is 0 Å². The maximum atomic E-state index is 11.7. The average molecular weight is 272 g/mol. The van der Waals surface area contributed by atoms with Crippen LogP contribution >= 0.6 is 0 Å². The van der Waals surface area contributed by atoms with Gasteiger partial charge in [0.25, 0.3) is 0 Å². The molecule has 2 rings (SSSR count). The van der Waals surface area contributed by atoms with Crippen molar-refractivity contribution in [1.29, 1.82) is 0 Å². The van der Waals surface area contributed by atoms with E-state index in [-0.39, 0.29) is 25.4 Å². The van der Waals surface area contributed by atoms with Crippen molar-refractivity contribution in [2.75, 3.05) is 6.61 Å². The van der Waals surface area contributed by atoms with E-state index in [4.69, 9.17) is 4.74 Å². The van der Waals surface area contributed by atoms with E-state index in [1.807, 2.05) is 30.3 Å². The van der Waals surface area contributed by atoms with E-state index < -0.39 is 5.97 Å². The molecule has 0 unspecified atom stereocenters. The first-order chi connectivity index (χ1) is 9.69. The molecule has 0 saturated heterocycles. The normalized spacial score (nSPS) is 10.2. The lowest BCUT2D eigenvalue weighted by molar-refractivity contribution is -0.145. The van der Waals surface area contributed by atoms with Gasteiger partial charge in [0, 0.05) is 11.8 Å². The fourth-order valence-electron chi connectivity index (χ4n) is 1.84. The Bertz CT molecular complexity index is 590.